The molecule has 2 aromatic carbocycles. The van der Waals surface area contributed by atoms with Crippen LogP contribution in [0.1, 0.15) is 30.3 Å². The summed E-state index contributed by atoms with van der Waals surface area (Å²) in [4.78, 5) is 49.9. The molecule has 3 heterocycles. The van der Waals surface area contributed by atoms with E-state index >= 15 is 0 Å². The largest absolute Gasteiger partial charge is 0.453 e. The van der Waals surface area contributed by atoms with Gasteiger partial charge in [-0.1, -0.05) is 35.3 Å². The van der Waals surface area contributed by atoms with Crippen molar-refractivity contribution in [2.24, 2.45) is 0 Å². The summed E-state index contributed by atoms with van der Waals surface area (Å²) < 4.78 is 6.09. The number of halogens is 2. The summed E-state index contributed by atoms with van der Waals surface area (Å²) in [6.45, 7) is 1.21. The number of rotatable bonds is 10. The first kappa shape index (κ1) is 32.6. The Morgan fingerprint density at radius 3 is 2.63 bits per heavy atom. The lowest BCUT2D eigenvalue weighted by molar-refractivity contribution is -0.131. The highest BCUT2D eigenvalue weighted by molar-refractivity contribution is 6.32. The van der Waals surface area contributed by atoms with Gasteiger partial charge in [0.05, 0.1) is 25.3 Å². The maximum Gasteiger partial charge on any atom is 0.411 e. The Kier molecular flexibility index (Phi) is 10.3. The highest BCUT2D eigenvalue weighted by atomic mass is 35.5. The molecule has 4 aromatic rings. The van der Waals surface area contributed by atoms with Crippen LogP contribution in [0, 0.1) is 0 Å². The van der Waals surface area contributed by atoms with Crippen molar-refractivity contribution in [3.8, 4) is 16.9 Å². The van der Waals surface area contributed by atoms with Gasteiger partial charge < -0.3 is 24.8 Å². The van der Waals surface area contributed by atoms with E-state index in [4.69, 9.17) is 23.2 Å². The summed E-state index contributed by atoms with van der Waals surface area (Å²) in [5, 5.41) is 17.4. The van der Waals surface area contributed by atoms with Crippen LogP contribution in [0.5, 0.6) is 0 Å². The Balaban J connectivity index is 1.39. The van der Waals surface area contributed by atoms with Gasteiger partial charge in [0.2, 0.25) is 11.8 Å². The lowest BCUT2D eigenvalue weighted by Gasteiger charge is -2.22. The van der Waals surface area contributed by atoms with Crippen molar-refractivity contribution in [3.05, 3.63) is 76.4 Å². The molecular formula is C30H32Cl2N10O4. The monoisotopic (exact) mass is 666 g/mol. The number of carbonyl (C=O) groups excluding carboxylic acids is 3. The second-order valence-corrected chi connectivity index (χ2v) is 11.6. The van der Waals surface area contributed by atoms with Crippen molar-refractivity contribution in [1.29, 1.82) is 0 Å². The summed E-state index contributed by atoms with van der Waals surface area (Å²) in [7, 11) is 5.26. The summed E-state index contributed by atoms with van der Waals surface area (Å²) in [6, 6.07) is 11.4. The van der Waals surface area contributed by atoms with Crippen molar-refractivity contribution in [2.75, 3.05) is 39.6 Å². The maximum absolute atomic E-state index is 13.5. The Morgan fingerprint density at radius 1 is 1.17 bits per heavy atom. The fourth-order valence-electron chi connectivity index (χ4n) is 5.04. The molecule has 0 unspecified atom stereocenters. The number of hydrogen-bond acceptors (Lipinski definition) is 9. The number of carbonyl (C=O) groups is 3. The minimum Gasteiger partial charge on any atom is -0.453 e. The molecule has 3 amide bonds. The third-order valence-corrected chi connectivity index (χ3v) is 8.05. The Hall–Kier alpha value is -4.79. The topological polar surface area (TPSA) is 163 Å². The first-order valence-corrected chi connectivity index (χ1v) is 15.0. The van der Waals surface area contributed by atoms with E-state index in [-0.39, 0.29) is 23.5 Å². The molecule has 2 aromatic heterocycles. The standard InChI is InChI=1S/C30H32Cl2N10O4/c1-40(2)22-12-13-41(16-22)26(44)15-23(29-36-27(28(32)37-29)18-4-8-21(9-5-18)34-30(45)46-3)35-25(43)11-6-19-14-20(31)7-10-24(19)42-17-33-38-39-42/h4-11,14,17,22-23H,12-13,15-16H2,1-3H3,(H,34,45)(H,35,43)(H,36,37)/b11-6+/t22-,23+/m1/s1. The van der Waals surface area contributed by atoms with E-state index in [2.05, 4.69) is 45.8 Å². The molecule has 0 aliphatic carbocycles. The van der Waals surface area contributed by atoms with Crippen molar-refractivity contribution in [2.45, 2.75) is 24.9 Å². The number of anilines is 1. The maximum atomic E-state index is 13.5. The van der Waals surface area contributed by atoms with Crippen LogP contribution in [0.4, 0.5) is 10.5 Å². The number of likely N-dealkylation sites (tertiary alicyclic amines) is 1. The average molecular weight is 668 g/mol. The minimum atomic E-state index is -0.826. The molecule has 46 heavy (non-hydrogen) atoms. The van der Waals surface area contributed by atoms with E-state index in [0.29, 0.717) is 52.1 Å². The average Bonchev–Trinajstić information content (AvgIpc) is 3.82. The van der Waals surface area contributed by atoms with Gasteiger partial charge in [0.15, 0.2) is 0 Å². The third-order valence-electron chi connectivity index (χ3n) is 7.54. The molecule has 1 saturated heterocycles. The number of benzene rings is 2. The van der Waals surface area contributed by atoms with Gasteiger partial charge in [0.25, 0.3) is 0 Å². The molecule has 240 valence electrons. The first-order valence-electron chi connectivity index (χ1n) is 14.3. The van der Waals surface area contributed by atoms with Gasteiger partial charge in [-0.15, -0.1) is 5.10 Å². The number of amides is 3. The van der Waals surface area contributed by atoms with E-state index < -0.39 is 18.0 Å². The molecule has 0 saturated carbocycles. The van der Waals surface area contributed by atoms with Crippen LogP contribution < -0.4 is 10.6 Å². The van der Waals surface area contributed by atoms with Gasteiger partial charge in [0.1, 0.15) is 23.0 Å². The second-order valence-electron chi connectivity index (χ2n) is 10.8. The molecule has 0 radical (unpaired) electrons. The number of tetrazole rings is 1. The molecule has 0 bridgehead atoms. The van der Waals surface area contributed by atoms with Crippen LogP contribution in [0.15, 0.2) is 54.9 Å². The van der Waals surface area contributed by atoms with Crippen LogP contribution in [0.3, 0.4) is 0 Å². The van der Waals surface area contributed by atoms with E-state index in [1.54, 1.807) is 53.4 Å². The molecule has 1 aliphatic heterocycles. The number of nitrogens with one attached hydrogen (secondary N) is 3. The molecule has 1 aliphatic rings. The third kappa shape index (κ3) is 7.88. The second kappa shape index (κ2) is 14.5. The minimum absolute atomic E-state index is 0.0436. The number of hydrogen-bond donors (Lipinski definition) is 3. The van der Waals surface area contributed by atoms with Gasteiger partial charge in [-0.25, -0.2) is 9.78 Å². The highest BCUT2D eigenvalue weighted by Gasteiger charge is 2.31. The molecule has 3 N–H and O–H groups in total. The van der Waals surface area contributed by atoms with Gasteiger partial charge in [0, 0.05) is 47.0 Å². The summed E-state index contributed by atoms with van der Waals surface area (Å²) in [5.74, 6) is -0.283. The van der Waals surface area contributed by atoms with Crippen LogP contribution >= 0.6 is 23.2 Å². The Bertz CT molecular complexity index is 1720. The summed E-state index contributed by atoms with van der Waals surface area (Å²) in [6.07, 6.45) is 4.58. The Morgan fingerprint density at radius 2 is 1.96 bits per heavy atom. The number of likely N-dealkylation sites (N-methyl/N-ethyl adjacent to an activating group) is 1. The molecule has 0 spiro atoms. The quantitative estimate of drug-likeness (QED) is 0.213. The molecule has 2 atom stereocenters. The zero-order valence-corrected chi connectivity index (χ0v) is 26.8. The predicted octanol–water partition coefficient (Wildman–Crippen LogP) is 3.96. The lowest BCUT2D eigenvalue weighted by Crippen LogP contribution is -2.37. The van der Waals surface area contributed by atoms with Gasteiger partial charge in [-0.2, -0.15) is 4.68 Å². The number of nitrogens with zero attached hydrogens (tertiary/aromatic N) is 7. The Labute approximate surface area is 274 Å². The fraction of sp³-hybridized carbons (Fsp3) is 0.300. The smallest absolute Gasteiger partial charge is 0.411 e. The predicted molar refractivity (Wildman–Crippen MR) is 172 cm³/mol. The molecular weight excluding hydrogens is 635 g/mol. The molecule has 16 heteroatoms. The summed E-state index contributed by atoms with van der Waals surface area (Å²) in [5.41, 5.74) is 2.81. The number of imidazole rings is 1. The van der Waals surface area contributed by atoms with Crippen molar-refractivity contribution in [1.82, 2.24) is 45.3 Å². The fourth-order valence-corrected chi connectivity index (χ4v) is 5.47. The molecule has 5 rings (SSSR count). The van der Waals surface area contributed by atoms with Crippen molar-refractivity contribution in [3.63, 3.8) is 0 Å². The number of ether oxygens (including phenoxy) is 1. The normalized spacial score (nSPS) is 15.3. The van der Waals surface area contributed by atoms with E-state index in [0.717, 1.165) is 6.42 Å². The zero-order chi connectivity index (χ0) is 32.8. The van der Waals surface area contributed by atoms with Gasteiger partial charge >= 0.3 is 6.09 Å². The van der Waals surface area contributed by atoms with Crippen LogP contribution in [-0.4, -0.2) is 98.2 Å². The van der Waals surface area contributed by atoms with E-state index in [9.17, 15) is 14.4 Å². The van der Waals surface area contributed by atoms with E-state index in [1.807, 2.05) is 14.1 Å². The number of aromatic nitrogens is 6. The van der Waals surface area contributed by atoms with Crippen LogP contribution in [-0.2, 0) is 14.3 Å². The van der Waals surface area contributed by atoms with Crippen LogP contribution in [0.2, 0.25) is 10.2 Å². The highest BCUT2D eigenvalue weighted by Crippen LogP contribution is 2.30. The zero-order valence-electron chi connectivity index (χ0n) is 25.3. The van der Waals surface area contributed by atoms with Crippen LogP contribution in [0.25, 0.3) is 23.0 Å². The first-order chi connectivity index (χ1) is 22.1. The van der Waals surface area contributed by atoms with Gasteiger partial charge in [-0.3, -0.25) is 14.9 Å². The summed E-state index contributed by atoms with van der Waals surface area (Å²) >= 11 is 12.8. The van der Waals surface area contributed by atoms with Crippen molar-refractivity contribution < 1.29 is 19.1 Å². The van der Waals surface area contributed by atoms with E-state index in [1.165, 1.54) is 24.2 Å². The lowest BCUT2D eigenvalue weighted by atomic mass is 10.1. The number of aromatic amines is 1. The van der Waals surface area contributed by atoms with Gasteiger partial charge in [-0.05, 0) is 67.4 Å². The number of methoxy groups -OCH3 is 1. The number of H-pyrrole nitrogens is 1. The molecule has 14 nitrogen and oxygen atoms in total. The molecule has 1 fully saturated rings. The SMILES string of the molecule is COC(=O)Nc1ccc(-c2nc([C@H](CC(=O)N3CC[C@@H](N(C)C)C3)NC(=O)/C=C/c3cc(Cl)ccc3-n3cnnn3)[nH]c2Cl)cc1. The van der Waals surface area contributed by atoms with Crippen molar-refractivity contribution >= 4 is 52.9 Å².